The highest BCUT2D eigenvalue weighted by Crippen LogP contribution is 2.40. The van der Waals surface area contributed by atoms with Crippen LogP contribution in [0.15, 0.2) is 47.6 Å². The van der Waals surface area contributed by atoms with Crippen molar-refractivity contribution >= 4 is 31.7 Å². The number of amides is 1. The van der Waals surface area contributed by atoms with Crippen LogP contribution in [0.1, 0.15) is 41.5 Å². The number of alkyl halides is 1. The number of ether oxygens (including phenoxy) is 3. The van der Waals surface area contributed by atoms with Crippen molar-refractivity contribution < 1.29 is 57.1 Å². The summed E-state index contributed by atoms with van der Waals surface area (Å²) in [6.45, 7) is 7.48. The molecular weight excluding hydrogens is 618 g/mol. The monoisotopic (exact) mass is 658 g/mol. The molecule has 7 atom stereocenters. The summed E-state index contributed by atoms with van der Waals surface area (Å²) in [6, 6.07) is 6.89. The van der Waals surface area contributed by atoms with Gasteiger partial charge in [0.15, 0.2) is 18.6 Å². The smallest absolute Gasteiger partial charge is 0.331 e. The summed E-state index contributed by atoms with van der Waals surface area (Å²) in [6.07, 6.45) is -5.18. The molecule has 1 amide bonds. The van der Waals surface area contributed by atoms with Crippen LogP contribution in [0.3, 0.4) is 0 Å². The van der Waals surface area contributed by atoms with Crippen LogP contribution in [0.5, 0.6) is 5.75 Å². The molecule has 1 aromatic carbocycles. The molecule has 0 spiro atoms. The number of carbonyl (C=O) groups excluding carboxylic acids is 3. The summed E-state index contributed by atoms with van der Waals surface area (Å²) in [7, 11) is -3.30. The highest BCUT2D eigenvalue weighted by Gasteiger charge is 2.58. The van der Waals surface area contributed by atoms with E-state index < -0.39 is 82.0 Å². The SMILES string of the molecule is CC(C)=NCC(=O)OCN1C(=O)C=CN([C@@H]2O[C@H](CON([C@@H](C)C(=O)OC(C)C)[PH](=O)Oc3ccccc3)[C@@H](O)[C@@]2(C)F)C1O. The molecule has 45 heavy (non-hydrogen) atoms. The standard InChI is InChI=1S/C28H40FN4O11P/c1-17(2)30-14-23(35)40-16-32-22(34)12-13-31(27(32)38)26-28(6,29)24(36)21(43-26)15-41-33(19(5)25(37)42-18(3)4)45(39)44-20-10-8-7-9-11-20/h7-13,18-19,21,24,26-27,36,38,45H,14-16H2,1-6H3/t19-,21+,24+,26+,27?,28+/m0/s1. The zero-order valence-electron chi connectivity index (χ0n) is 25.9. The molecule has 2 aliphatic heterocycles. The first-order valence-electron chi connectivity index (χ1n) is 14.1. The predicted molar refractivity (Wildman–Crippen MR) is 157 cm³/mol. The number of nitrogens with zero attached hydrogens (tertiary/aromatic N) is 4. The number of para-hydroxylation sites is 1. The molecule has 1 saturated heterocycles. The van der Waals surface area contributed by atoms with E-state index >= 15 is 4.39 Å². The molecule has 0 bridgehead atoms. The number of benzene rings is 1. The maximum absolute atomic E-state index is 16.0. The fourth-order valence-corrected chi connectivity index (χ4v) is 5.28. The van der Waals surface area contributed by atoms with Crippen LogP contribution in [-0.2, 0) is 38.0 Å². The number of hydroxylamine groups is 1. The molecule has 0 saturated carbocycles. The van der Waals surface area contributed by atoms with Crippen LogP contribution in [0.25, 0.3) is 0 Å². The fourth-order valence-electron chi connectivity index (χ4n) is 4.25. The van der Waals surface area contributed by atoms with Gasteiger partial charge in [-0.15, -0.1) is 0 Å². The van der Waals surface area contributed by atoms with Gasteiger partial charge in [0, 0.05) is 18.0 Å². The number of esters is 2. The first-order chi connectivity index (χ1) is 21.1. The molecule has 2 aliphatic rings. The number of aliphatic imine (C=N–C) groups is 1. The second kappa shape index (κ2) is 15.7. The van der Waals surface area contributed by atoms with Crippen LogP contribution in [-0.4, -0.2) is 111 Å². The Hall–Kier alpha value is -3.40. The van der Waals surface area contributed by atoms with Gasteiger partial charge >= 0.3 is 20.1 Å². The molecule has 3 rings (SSSR count). The van der Waals surface area contributed by atoms with Crippen molar-refractivity contribution in [2.24, 2.45) is 4.99 Å². The van der Waals surface area contributed by atoms with Crippen LogP contribution in [0, 0.1) is 0 Å². The molecule has 0 aliphatic carbocycles. The minimum Gasteiger partial charge on any atom is -0.462 e. The third-order valence-electron chi connectivity index (χ3n) is 6.65. The van der Waals surface area contributed by atoms with Crippen molar-refractivity contribution in [1.29, 1.82) is 0 Å². The molecule has 2 N–H and O–H groups in total. The molecular formula is C28H40FN4O11P. The van der Waals surface area contributed by atoms with Crippen molar-refractivity contribution in [3.8, 4) is 5.75 Å². The van der Waals surface area contributed by atoms with Gasteiger partial charge in [-0.05, 0) is 53.7 Å². The molecule has 2 heterocycles. The zero-order valence-corrected chi connectivity index (χ0v) is 26.9. The minimum absolute atomic E-state index is 0.233. The van der Waals surface area contributed by atoms with E-state index in [0.29, 0.717) is 5.71 Å². The minimum atomic E-state index is -3.30. The summed E-state index contributed by atoms with van der Waals surface area (Å²) in [5, 5.41) is 21.8. The molecule has 0 radical (unpaired) electrons. The van der Waals surface area contributed by atoms with E-state index in [1.165, 1.54) is 6.92 Å². The molecule has 0 aromatic heterocycles. The van der Waals surface area contributed by atoms with Crippen molar-refractivity contribution in [1.82, 2.24) is 14.6 Å². The summed E-state index contributed by atoms with van der Waals surface area (Å²) < 4.78 is 50.7. The van der Waals surface area contributed by atoms with Crippen LogP contribution < -0.4 is 4.52 Å². The Morgan fingerprint density at radius 2 is 1.87 bits per heavy atom. The average Bonchev–Trinajstić information content (AvgIpc) is 3.19. The first-order valence-corrected chi connectivity index (χ1v) is 15.4. The largest absolute Gasteiger partial charge is 0.462 e. The van der Waals surface area contributed by atoms with E-state index in [0.717, 1.165) is 33.8 Å². The van der Waals surface area contributed by atoms with E-state index in [1.54, 1.807) is 58.0 Å². The highest BCUT2D eigenvalue weighted by molar-refractivity contribution is 7.36. The summed E-state index contributed by atoms with van der Waals surface area (Å²) in [4.78, 5) is 49.1. The lowest BCUT2D eigenvalue weighted by Gasteiger charge is -2.42. The first kappa shape index (κ1) is 36.1. The van der Waals surface area contributed by atoms with Gasteiger partial charge in [0.1, 0.15) is 30.5 Å². The molecule has 17 heteroatoms. The van der Waals surface area contributed by atoms with Gasteiger partial charge in [-0.2, -0.15) is 0 Å². The summed E-state index contributed by atoms with van der Waals surface area (Å²) in [5.41, 5.74) is -1.91. The zero-order chi connectivity index (χ0) is 33.5. The average molecular weight is 659 g/mol. The number of aliphatic hydroxyl groups excluding tert-OH is 2. The Morgan fingerprint density at radius 3 is 2.49 bits per heavy atom. The lowest BCUT2D eigenvalue weighted by molar-refractivity contribution is -0.214. The lowest BCUT2D eigenvalue weighted by atomic mass is 9.98. The Morgan fingerprint density at radius 1 is 1.20 bits per heavy atom. The highest BCUT2D eigenvalue weighted by atomic mass is 31.1. The van der Waals surface area contributed by atoms with Crippen molar-refractivity contribution in [3.05, 3.63) is 42.6 Å². The fraction of sp³-hybridized carbons (Fsp3) is 0.571. The van der Waals surface area contributed by atoms with E-state index in [1.807, 2.05) is 0 Å². The van der Waals surface area contributed by atoms with Gasteiger partial charge in [0.2, 0.25) is 6.35 Å². The maximum atomic E-state index is 16.0. The van der Waals surface area contributed by atoms with Gasteiger partial charge in [0.25, 0.3) is 5.91 Å². The topological polar surface area (TPSA) is 177 Å². The number of rotatable bonds is 14. The molecule has 250 valence electrons. The van der Waals surface area contributed by atoms with Crippen molar-refractivity contribution in [3.63, 3.8) is 0 Å². The number of hydrogen-bond acceptors (Lipinski definition) is 13. The quantitative estimate of drug-likeness (QED) is 0.128. The third-order valence-corrected chi connectivity index (χ3v) is 7.93. The van der Waals surface area contributed by atoms with Gasteiger partial charge in [0.05, 0.1) is 12.7 Å². The van der Waals surface area contributed by atoms with E-state index in [9.17, 15) is 29.2 Å². The van der Waals surface area contributed by atoms with Gasteiger partial charge in [-0.25, -0.2) is 9.18 Å². The Balaban J connectivity index is 1.73. The number of carbonyl (C=O) groups is 3. The molecule has 2 unspecified atom stereocenters. The number of aliphatic hydroxyl groups is 2. The Labute approximate surface area is 261 Å². The van der Waals surface area contributed by atoms with Crippen LogP contribution in [0.2, 0.25) is 0 Å². The summed E-state index contributed by atoms with van der Waals surface area (Å²) >= 11 is 0. The Kier molecular flexibility index (Phi) is 12.6. The Bertz CT molecular complexity index is 1280. The van der Waals surface area contributed by atoms with E-state index in [-0.39, 0.29) is 12.3 Å². The van der Waals surface area contributed by atoms with Gasteiger partial charge in [-0.3, -0.25) is 28.9 Å². The molecule has 1 aromatic rings. The number of hydrogen-bond donors (Lipinski definition) is 2. The van der Waals surface area contributed by atoms with Crippen molar-refractivity contribution in [2.75, 3.05) is 19.9 Å². The molecule has 15 nitrogen and oxygen atoms in total. The normalized spacial score (nSPS) is 26.2. The van der Waals surface area contributed by atoms with Gasteiger partial charge < -0.3 is 33.8 Å². The lowest BCUT2D eigenvalue weighted by Crippen LogP contribution is -2.59. The second-order valence-corrected chi connectivity index (χ2v) is 12.1. The summed E-state index contributed by atoms with van der Waals surface area (Å²) in [5.74, 6) is -2.03. The van der Waals surface area contributed by atoms with Crippen molar-refractivity contribution in [2.45, 2.75) is 84.1 Å². The second-order valence-electron chi connectivity index (χ2n) is 10.9. The van der Waals surface area contributed by atoms with Crippen LogP contribution >= 0.6 is 8.18 Å². The third kappa shape index (κ3) is 9.31. The molecule has 1 fully saturated rings. The van der Waals surface area contributed by atoms with Crippen LogP contribution in [0.4, 0.5) is 4.39 Å². The predicted octanol–water partition coefficient (Wildman–Crippen LogP) is 1.76. The van der Waals surface area contributed by atoms with Gasteiger partial charge in [-0.1, -0.05) is 23.0 Å². The van der Waals surface area contributed by atoms with E-state index in [4.69, 9.17) is 23.6 Å². The maximum Gasteiger partial charge on any atom is 0.331 e. The number of halogens is 1. The van der Waals surface area contributed by atoms with E-state index in [2.05, 4.69) is 4.99 Å².